The average Bonchev–Trinajstić information content (AvgIpc) is 1.97. The summed E-state index contributed by atoms with van der Waals surface area (Å²) in [7, 11) is -4.34. The van der Waals surface area contributed by atoms with Gasteiger partial charge in [-0.2, -0.15) is 13.6 Å². The number of hydrogen-bond acceptors (Lipinski definition) is 3. The summed E-state index contributed by atoms with van der Waals surface area (Å²) >= 11 is 0. The molecule has 1 aromatic carbocycles. The van der Waals surface area contributed by atoms with Crippen LogP contribution < -0.4 is 9.32 Å². The van der Waals surface area contributed by atoms with Gasteiger partial charge in [0.1, 0.15) is 5.82 Å². The van der Waals surface area contributed by atoms with Crippen molar-refractivity contribution in [2.24, 2.45) is 5.14 Å². The predicted molar refractivity (Wildman–Crippen MR) is 44.8 cm³/mol. The molecule has 0 atom stereocenters. The Morgan fingerprint density at radius 3 is 2.36 bits per heavy atom. The molecule has 0 amide bonds. The van der Waals surface area contributed by atoms with E-state index in [2.05, 4.69) is 9.32 Å². The van der Waals surface area contributed by atoms with Crippen LogP contribution in [-0.4, -0.2) is 8.42 Å². The van der Waals surface area contributed by atoms with Gasteiger partial charge in [-0.25, -0.2) is 8.78 Å². The Bertz CT molecular complexity index is 458. The zero-order chi connectivity index (χ0) is 10.9. The summed E-state index contributed by atoms with van der Waals surface area (Å²) in [6.45, 7) is 1.33. The van der Waals surface area contributed by atoms with Crippen LogP contribution in [0.1, 0.15) is 5.56 Å². The van der Waals surface area contributed by atoms with Crippen LogP contribution >= 0.6 is 0 Å². The first-order valence-electron chi connectivity index (χ1n) is 3.47. The fourth-order valence-corrected chi connectivity index (χ4v) is 1.20. The molecule has 0 saturated heterocycles. The van der Waals surface area contributed by atoms with Crippen molar-refractivity contribution in [1.29, 1.82) is 0 Å². The Labute approximate surface area is 79.6 Å². The maximum absolute atomic E-state index is 12.9. The smallest absolute Gasteiger partial charge is 0.368 e. The molecule has 0 aliphatic carbocycles. The van der Waals surface area contributed by atoms with Gasteiger partial charge in [0, 0.05) is 6.07 Å². The standard InChI is InChI=1S/C7H7F2NO3S/c1-4-2-6(9)7(3-5(4)8)13-14(10,11)12/h2-3H,1H3,(H2,10,11,12). The molecule has 2 N–H and O–H groups in total. The van der Waals surface area contributed by atoms with Crippen molar-refractivity contribution in [3.8, 4) is 5.75 Å². The second-order valence-corrected chi connectivity index (χ2v) is 3.76. The second kappa shape index (κ2) is 3.50. The number of nitrogens with two attached hydrogens (primary N) is 1. The monoisotopic (exact) mass is 223 g/mol. The van der Waals surface area contributed by atoms with Crippen LogP contribution in [0, 0.1) is 18.6 Å². The Morgan fingerprint density at radius 1 is 1.29 bits per heavy atom. The van der Waals surface area contributed by atoms with Gasteiger partial charge in [0.05, 0.1) is 0 Å². The third kappa shape index (κ3) is 2.64. The molecule has 0 aromatic heterocycles. The highest BCUT2D eigenvalue weighted by atomic mass is 32.2. The normalized spacial score (nSPS) is 11.4. The lowest BCUT2D eigenvalue weighted by atomic mass is 10.2. The first-order valence-corrected chi connectivity index (χ1v) is 4.94. The minimum atomic E-state index is -4.34. The van der Waals surface area contributed by atoms with Gasteiger partial charge in [0.15, 0.2) is 11.6 Å². The molecule has 78 valence electrons. The lowest BCUT2D eigenvalue weighted by Gasteiger charge is -2.04. The molecule has 0 unspecified atom stereocenters. The van der Waals surface area contributed by atoms with Gasteiger partial charge in [-0.05, 0) is 18.6 Å². The molecule has 1 rings (SSSR count). The molecule has 14 heavy (non-hydrogen) atoms. The Morgan fingerprint density at radius 2 is 1.86 bits per heavy atom. The molecule has 0 aliphatic rings. The molecular formula is C7H7F2NO3S. The van der Waals surface area contributed by atoms with Gasteiger partial charge < -0.3 is 4.18 Å². The quantitative estimate of drug-likeness (QED) is 0.808. The van der Waals surface area contributed by atoms with E-state index in [4.69, 9.17) is 0 Å². The number of benzene rings is 1. The van der Waals surface area contributed by atoms with Crippen molar-refractivity contribution in [3.63, 3.8) is 0 Å². The summed E-state index contributed by atoms with van der Waals surface area (Å²) in [4.78, 5) is 0. The van der Waals surface area contributed by atoms with Crippen molar-refractivity contribution in [3.05, 3.63) is 29.3 Å². The van der Waals surface area contributed by atoms with E-state index in [0.717, 1.165) is 6.07 Å². The van der Waals surface area contributed by atoms with Crippen LogP contribution in [0.15, 0.2) is 12.1 Å². The van der Waals surface area contributed by atoms with E-state index in [1.54, 1.807) is 0 Å². The van der Waals surface area contributed by atoms with Gasteiger partial charge in [-0.3, -0.25) is 0 Å². The van der Waals surface area contributed by atoms with Crippen LogP contribution in [0.4, 0.5) is 8.78 Å². The third-order valence-electron chi connectivity index (χ3n) is 1.42. The lowest BCUT2D eigenvalue weighted by Crippen LogP contribution is -2.19. The summed E-state index contributed by atoms with van der Waals surface area (Å²) in [5.74, 6) is -2.52. The molecule has 0 saturated carbocycles. The molecule has 0 spiro atoms. The molecular weight excluding hydrogens is 216 g/mol. The molecule has 0 aliphatic heterocycles. The van der Waals surface area contributed by atoms with E-state index < -0.39 is 27.7 Å². The molecule has 0 radical (unpaired) electrons. The van der Waals surface area contributed by atoms with E-state index in [9.17, 15) is 17.2 Å². The molecule has 0 bridgehead atoms. The van der Waals surface area contributed by atoms with Crippen molar-refractivity contribution >= 4 is 10.3 Å². The largest absolute Gasteiger partial charge is 0.380 e. The molecule has 0 heterocycles. The number of rotatable bonds is 2. The highest BCUT2D eigenvalue weighted by Gasteiger charge is 2.13. The minimum Gasteiger partial charge on any atom is -0.368 e. The van der Waals surface area contributed by atoms with Crippen molar-refractivity contribution in [2.45, 2.75) is 6.92 Å². The van der Waals surface area contributed by atoms with E-state index in [0.29, 0.717) is 6.07 Å². The Hall–Kier alpha value is -1.21. The first kappa shape index (κ1) is 10.9. The van der Waals surface area contributed by atoms with E-state index in [1.165, 1.54) is 6.92 Å². The van der Waals surface area contributed by atoms with Gasteiger partial charge >= 0.3 is 10.3 Å². The third-order valence-corrected chi connectivity index (χ3v) is 1.83. The van der Waals surface area contributed by atoms with Crippen molar-refractivity contribution in [1.82, 2.24) is 0 Å². The van der Waals surface area contributed by atoms with Crippen LogP contribution in [0.3, 0.4) is 0 Å². The van der Waals surface area contributed by atoms with Gasteiger partial charge in [0.2, 0.25) is 0 Å². The van der Waals surface area contributed by atoms with Crippen LogP contribution in [-0.2, 0) is 10.3 Å². The van der Waals surface area contributed by atoms with E-state index in [1.807, 2.05) is 0 Å². The Kier molecular flexibility index (Phi) is 2.72. The predicted octanol–water partition coefficient (Wildman–Crippen LogP) is 0.856. The summed E-state index contributed by atoms with van der Waals surface area (Å²) in [6, 6.07) is 1.44. The highest BCUT2D eigenvalue weighted by Crippen LogP contribution is 2.21. The van der Waals surface area contributed by atoms with Gasteiger partial charge in [-0.1, -0.05) is 0 Å². The van der Waals surface area contributed by atoms with Gasteiger partial charge in [0.25, 0.3) is 0 Å². The second-order valence-electron chi connectivity index (χ2n) is 2.61. The molecule has 4 nitrogen and oxygen atoms in total. The van der Waals surface area contributed by atoms with Crippen molar-refractivity contribution < 1.29 is 21.4 Å². The zero-order valence-electron chi connectivity index (χ0n) is 7.12. The van der Waals surface area contributed by atoms with Crippen molar-refractivity contribution in [2.75, 3.05) is 0 Å². The summed E-state index contributed by atoms with van der Waals surface area (Å²) in [5.41, 5.74) is 0.0456. The number of aryl methyl sites for hydroxylation is 1. The first-order chi connectivity index (χ1) is 6.29. The summed E-state index contributed by atoms with van der Waals surface area (Å²) in [6.07, 6.45) is 0. The number of halogens is 2. The Balaban J connectivity index is 3.17. The molecule has 7 heteroatoms. The van der Waals surface area contributed by atoms with Crippen LogP contribution in [0.2, 0.25) is 0 Å². The average molecular weight is 223 g/mol. The van der Waals surface area contributed by atoms with Crippen LogP contribution in [0.5, 0.6) is 5.75 Å². The van der Waals surface area contributed by atoms with Crippen LogP contribution in [0.25, 0.3) is 0 Å². The molecule has 1 aromatic rings. The highest BCUT2D eigenvalue weighted by molar-refractivity contribution is 7.84. The van der Waals surface area contributed by atoms with Gasteiger partial charge in [-0.15, -0.1) is 0 Å². The SMILES string of the molecule is Cc1cc(F)c(OS(N)(=O)=O)cc1F. The van der Waals surface area contributed by atoms with E-state index >= 15 is 0 Å². The fourth-order valence-electron chi connectivity index (χ4n) is 0.817. The topological polar surface area (TPSA) is 69.4 Å². The maximum Gasteiger partial charge on any atom is 0.380 e. The molecule has 0 fully saturated rings. The fraction of sp³-hybridized carbons (Fsp3) is 0.143. The summed E-state index contributed by atoms with van der Waals surface area (Å²) < 4.78 is 50.6. The number of hydrogen-bond donors (Lipinski definition) is 1. The summed E-state index contributed by atoms with van der Waals surface area (Å²) in [5, 5.41) is 4.49. The zero-order valence-corrected chi connectivity index (χ0v) is 7.94. The van der Waals surface area contributed by atoms with E-state index in [-0.39, 0.29) is 5.56 Å². The lowest BCUT2D eigenvalue weighted by molar-refractivity contribution is 0.457. The minimum absolute atomic E-state index is 0.0456. The maximum atomic E-state index is 12.9.